The van der Waals surface area contributed by atoms with Crippen LogP contribution in [0.15, 0.2) is 71.6 Å². The highest BCUT2D eigenvalue weighted by Gasteiger charge is 2.35. The number of halogens is 3. The third kappa shape index (κ3) is 8.56. The first-order chi connectivity index (χ1) is 20.4. The Bertz CT molecular complexity index is 1500. The van der Waals surface area contributed by atoms with Crippen LogP contribution >= 0.6 is 34.8 Å². The van der Waals surface area contributed by atoms with Crippen molar-refractivity contribution in [1.82, 2.24) is 10.2 Å². The van der Waals surface area contributed by atoms with Gasteiger partial charge in [-0.3, -0.25) is 13.9 Å². The molecule has 232 valence electrons. The normalized spacial score (nSPS) is 12.7. The van der Waals surface area contributed by atoms with Crippen LogP contribution in [-0.4, -0.2) is 50.4 Å². The number of nitrogens with one attached hydrogen (secondary N) is 1. The maximum Gasteiger partial charge on any atom is 0.264 e. The average molecular weight is 669 g/mol. The molecule has 3 rings (SSSR count). The predicted octanol–water partition coefficient (Wildman–Crippen LogP) is 6.96. The van der Waals surface area contributed by atoms with Gasteiger partial charge in [-0.2, -0.15) is 0 Å². The fourth-order valence-electron chi connectivity index (χ4n) is 4.40. The topological polar surface area (TPSA) is 96.0 Å². The van der Waals surface area contributed by atoms with Crippen molar-refractivity contribution in [3.8, 4) is 5.75 Å². The van der Waals surface area contributed by atoms with Crippen molar-refractivity contribution in [2.75, 3.05) is 17.5 Å². The van der Waals surface area contributed by atoms with Gasteiger partial charge in [-0.1, -0.05) is 66.8 Å². The Hall–Kier alpha value is -2.98. The molecule has 0 aliphatic carbocycles. The minimum atomic E-state index is -4.31. The van der Waals surface area contributed by atoms with Gasteiger partial charge in [0.1, 0.15) is 18.3 Å². The number of para-hydroxylation sites is 2. The molecule has 3 aromatic rings. The fraction of sp³-hybridized carbons (Fsp3) is 0.355. The number of hydrogen-bond donors (Lipinski definition) is 1. The minimum Gasteiger partial charge on any atom is -0.492 e. The molecule has 0 bridgehead atoms. The van der Waals surface area contributed by atoms with Crippen LogP contribution in [0.2, 0.25) is 15.1 Å². The van der Waals surface area contributed by atoms with E-state index in [1.165, 1.54) is 29.2 Å². The molecule has 43 heavy (non-hydrogen) atoms. The summed E-state index contributed by atoms with van der Waals surface area (Å²) in [6.07, 6.45) is 0.948. The third-order valence-corrected chi connectivity index (χ3v) is 9.63. The Labute approximate surface area is 268 Å². The lowest BCUT2D eigenvalue weighted by atomic mass is 10.1. The van der Waals surface area contributed by atoms with Gasteiger partial charge in [0.05, 0.1) is 17.2 Å². The number of carbonyl (C=O) groups is 2. The summed E-state index contributed by atoms with van der Waals surface area (Å²) in [5.74, 6) is -0.723. The van der Waals surface area contributed by atoms with Crippen molar-refractivity contribution >= 4 is 62.3 Å². The van der Waals surface area contributed by atoms with Gasteiger partial charge in [-0.05, 0) is 75.2 Å². The highest BCUT2D eigenvalue weighted by atomic mass is 35.5. The van der Waals surface area contributed by atoms with E-state index in [4.69, 9.17) is 39.5 Å². The molecule has 0 unspecified atom stereocenters. The van der Waals surface area contributed by atoms with Gasteiger partial charge in [0.15, 0.2) is 0 Å². The first-order valence-corrected chi connectivity index (χ1v) is 16.5. The van der Waals surface area contributed by atoms with E-state index in [0.717, 1.165) is 4.31 Å². The van der Waals surface area contributed by atoms with Gasteiger partial charge in [0, 0.05) is 33.2 Å². The number of hydrogen-bond acceptors (Lipinski definition) is 5. The summed E-state index contributed by atoms with van der Waals surface area (Å²) in [4.78, 5) is 29.0. The maximum atomic E-state index is 14.3. The van der Waals surface area contributed by atoms with Crippen LogP contribution in [0.5, 0.6) is 5.75 Å². The number of benzene rings is 3. The molecule has 0 saturated heterocycles. The van der Waals surface area contributed by atoms with Gasteiger partial charge < -0.3 is 15.0 Å². The van der Waals surface area contributed by atoms with Gasteiger partial charge in [-0.15, -0.1) is 0 Å². The summed E-state index contributed by atoms with van der Waals surface area (Å²) in [6, 6.07) is 16.1. The second kappa shape index (κ2) is 15.7. The van der Waals surface area contributed by atoms with E-state index < -0.39 is 28.5 Å². The lowest BCUT2D eigenvalue weighted by molar-refractivity contribution is -0.140. The lowest BCUT2D eigenvalue weighted by Crippen LogP contribution is -2.53. The fourth-order valence-corrected chi connectivity index (χ4v) is 6.47. The maximum absolute atomic E-state index is 14.3. The van der Waals surface area contributed by atoms with Crippen molar-refractivity contribution in [1.29, 1.82) is 0 Å². The van der Waals surface area contributed by atoms with Gasteiger partial charge in [-0.25, -0.2) is 8.42 Å². The first-order valence-electron chi connectivity index (χ1n) is 14.0. The molecule has 0 fully saturated rings. The van der Waals surface area contributed by atoms with Crippen LogP contribution in [0.25, 0.3) is 0 Å². The largest absolute Gasteiger partial charge is 0.492 e. The summed E-state index contributed by atoms with van der Waals surface area (Å²) in [5, 5.41) is 3.93. The Kier molecular flexibility index (Phi) is 12.6. The molecule has 12 heteroatoms. The Balaban J connectivity index is 2.15. The average Bonchev–Trinajstić information content (AvgIpc) is 2.97. The molecule has 0 aliphatic rings. The molecular formula is C31H36Cl3N3O5S. The molecular weight excluding hydrogens is 633 g/mol. The van der Waals surface area contributed by atoms with Crippen LogP contribution in [0.1, 0.15) is 46.1 Å². The van der Waals surface area contributed by atoms with E-state index in [1.54, 1.807) is 56.3 Å². The highest BCUT2D eigenvalue weighted by molar-refractivity contribution is 7.92. The number of ether oxygens (including phenoxy) is 1. The molecule has 3 aromatic carbocycles. The van der Waals surface area contributed by atoms with Crippen LogP contribution in [0.3, 0.4) is 0 Å². The van der Waals surface area contributed by atoms with E-state index in [9.17, 15) is 18.0 Å². The molecule has 1 N–H and O–H groups in total. The summed E-state index contributed by atoms with van der Waals surface area (Å²) >= 11 is 19.0. The molecule has 0 aliphatic heterocycles. The molecule has 2 atom stereocenters. The molecule has 0 spiro atoms. The second-order valence-electron chi connectivity index (χ2n) is 9.83. The number of sulfonamides is 1. The van der Waals surface area contributed by atoms with Crippen molar-refractivity contribution in [2.45, 2.75) is 64.1 Å². The summed E-state index contributed by atoms with van der Waals surface area (Å²) in [6.45, 7) is 6.87. The minimum absolute atomic E-state index is 0.0711. The van der Waals surface area contributed by atoms with Crippen LogP contribution in [-0.2, 0) is 26.2 Å². The number of rotatable bonds is 14. The molecule has 0 heterocycles. The lowest BCUT2D eigenvalue weighted by Gasteiger charge is -2.34. The Morgan fingerprint density at radius 2 is 1.51 bits per heavy atom. The Morgan fingerprint density at radius 3 is 2.09 bits per heavy atom. The van der Waals surface area contributed by atoms with E-state index in [2.05, 4.69) is 5.32 Å². The van der Waals surface area contributed by atoms with Crippen molar-refractivity contribution in [3.05, 3.63) is 87.4 Å². The first kappa shape index (κ1) is 34.5. The van der Waals surface area contributed by atoms with Gasteiger partial charge in [0.25, 0.3) is 10.0 Å². The highest BCUT2D eigenvalue weighted by Crippen LogP contribution is 2.34. The number of anilines is 1. The monoisotopic (exact) mass is 667 g/mol. The predicted molar refractivity (Wildman–Crippen MR) is 173 cm³/mol. The number of amides is 2. The molecule has 0 aromatic heterocycles. The summed E-state index contributed by atoms with van der Waals surface area (Å²) < 4.78 is 35.0. The molecule has 0 radical (unpaired) electrons. The van der Waals surface area contributed by atoms with E-state index in [0.29, 0.717) is 27.1 Å². The Morgan fingerprint density at radius 1 is 0.884 bits per heavy atom. The van der Waals surface area contributed by atoms with Crippen molar-refractivity contribution in [3.63, 3.8) is 0 Å². The standard InChI is InChI=1S/C31H36Cl3N3O5S/c1-5-21(4)35-31(39)27(6-2)36(19-24-25(33)11-10-12-26(24)34)30(38)20-37(28-13-8-9-14-29(28)42-7-3)43(40,41)23-17-15-22(32)16-18-23/h8-18,21,27H,5-7,19-20H2,1-4H3,(H,35,39)/t21-,27+/m0/s1. The zero-order valence-corrected chi connectivity index (χ0v) is 27.6. The van der Waals surface area contributed by atoms with E-state index in [-0.39, 0.29) is 47.9 Å². The smallest absolute Gasteiger partial charge is 0.264 e. The number of carbonyl (C=O) groups excluding carboxylic acids is 2. The third-order valence-electron chi connectivity index (χ3n) is 6.89. The molecule has 8 nitrogen and oxygen atoms in total. The van der Waals surface area contributed by atoms with Crippen LogP contribution < -0.4 is 14.4 Å². The van der Waals surface area contributed by atoms with Crippen LogP contribution in [0, 0.1) is 0 Å². The van der Waals surface area contributed by atoms with E-state index in [1.807, 2.05) is 13.8 Å². The SMILES string of the molecule is CCOc1ccccc1N(CC(=O)N(Cc1c(Cl)cccc1Cl)[C@H](CC)C(=O)N[C@@H](C)CC)S(=O)(=O)c1ccc(Cl)cc1. The van der Waals surface area contributed by atoms with Gasteiger partial charge in [0.2, 0.25) is 11.8 Å². The van der Waals surface area contributed by atoms with Gasteiger partial charge >= 0.3 is 0 Å². The molecule has 2 amide bonds. The summed E-state index contributed by atoms with van der Waals surface area (Å²) in [5.41, 5.74) is 0.608. The quantitative estimate of drug-likeness (QED) is 0.200. The van der Waals surface area contributed by atoms with Crippen molar-refractivity contribution < 1.29 is 22.7 Å². The summed E-state index contributed by atoms with van der Waals surface area (Å²) in [7, 11) is -4.31. The van der Waals surface area contributed by atoms with Crippen LogP contribution in [0.4, 0.5) is 5.69 Å². The zero-order valence-electron chi connectivity index (χ0n) is 24.5. The zero-order chi connectivity index (χ0) is 31.7. The van der Waals surface area contributed by atoms with Crippen molar-refractivity contribution in [2.24, 2.45) is 0 Å². The number of nitrogens with zero attached hydrogens (tertiary/aromatic N) is 2. The van der Waals surface area contributed by atoms with E-state index >= 15 is 0 Å². The molecule has 0 saturated carbocycles. The second-order valence-corrected chi connectivity index (χ2v) is 12.9.